The Morgan fingerprint density at radius 1 is 1.22 bits per heavy atom. The zero-order chi connectivity index (χ0) is 25.9. The van der Waals surface area contributed by atoms with Gasteiger partial charge in [-0.2, -0.15) is 5.10 Å². The first-order valence-corrected chi connectivity index (χ1v) is 12.2. The number of aromatic amines is 2. The Morgan fingerprint density at radius 3 is 2.70 bits per heavy atom. The van der Waals surface area contributed by atoms with Gasteiger partial charge in [-0.1, -0.05) is 37.4 Å². The number of hydrogen-bond donors (Lipinski definition) is 3. The second-order valence-corrected chi connectivity index (χ2v) is 9.02. The molecule has 0 aliphatic carbocycles. The molecule has 1 aliphatic rings. The summed E-state index contributed by atoms with van der Waals surface area (Å²) in [6.45, 7) is 13.8. The molecule has 0 atom stereocenters. The van der Waals surface area contributed by atoms with Crippen molar-refractivity contribution >= 4 is 29.5 Å². The zero-order valence-electron chi connectivity index (χ0n) is 21.1. The van der Waals surface area contributed by atoms with E-state index in [4.69, 9.17) is 15.7 Å². The van der Waals surface area contributed by atoms with Crippen LogP contribution in [0.15, 0.2) is 83.8 Å². The van der Waals surface area contributed by atoms with Crippen LogP contribution < -0.4 is 16.3 Å². The van der Waals surface area contributed by atoms with Gasteiger partial charge in [0.05, 0.1) is 22.1 Å². The molecule has 0 saturated carbocycles. The molecule has 0 spiro atoms. The number of amidine groups is 1. The maximum atomic E-state index is 5.92. The number of nitrogens with zero attached hydrogens (tertiary/aromatic N) is 5. The van der Waals surface area contributed by atoms with E-state index in [-0.39, 0.29) is 6.04 Å². The molecule has 0 bridgehead atoms. The molecule has 4 aromatic rings. The Hall–Kier alpha value is -4.56. The van der Waals surface area contributed by atoms with E-state index in [1.807, 2.05) is 56.3 Å². The standard InChI is InChI=1S/C29H30N8/c1-5-23(32-26(6-2)37-16-21(30)17-37)18(3)10-11-24-19(4)27(36-35-24)29-33-25-9-7-8-22(28(25)34-29)20-12-14-31-15-13-20/h5-15,21,35H,2,4,16-17,30H2,1,3H3,(H,33,34)/b18-10+,23-5-,24-11+,32-26?. The number of pyridine rings is 1. The number of H-pyrrole nitrogens is 2. The highest BCUT2D eigenvalue weighted by Gasteiger charge is 2.24. The van der Waals surface area contributed by atoms with Gasteiger partial charge in [-0.05, 0) is 55.3 Å². The third kappa shape index (κ3) is 4.79. The van der Waals surface area contributed by atoms with Crippen molar-refractivity contribution in [1.82, 2.24) is 30.0 Å². The van der Waals surface area contributed by atoms with Gasteiger partial charge >= 0.3 is 0 Å². The second kappa shape index (κ2) is 10.2. The molecule has 5 rings (SSSR count). The van der Waals surface area contributed by atoms with Gasteiger partial charge in [-0.3, -0.25) is 10.1 Å². The molecule has 1 aromatic carbocycles. The highest BCUT2D eigenvalue weighted by atomic mass is 15.3. The lowest BCUT2D eigenvalue weighted by atomic mass is 10.1. The molecular formula is C29H30N8. The third-order valence-corrected chi connectivity index (χ3v) is 6.46. The van der Waals surface area contributed by atoms with Crippen LogP contribution in [0.5, 0.6) is 0 Å². The van der Waals surface area contributed by atoms with Crippen molar-refractivity contribution in [3.8, 4) is 22.6 Å². The van der Waals surface area contributed by atoms with Crippen molar-refractivity contribution in [2.45, 2.75) is 19.9 Å². The summed E-state index contributed by atoms with van der Waals surface area (Å²) in [5.74, 6) is 1.50. The number of allylic oxidation sites excluding steroid dienone is 3. The summed E-state index contributed by atoms with van der Waals surface area (Å²) in [6.07, 6.45) is 11.3. The summed E-state index contributed by atoms with van der Waals surface area (Å²) in [7, 11) is 0. The molecule has 0 unspecified atom stereocenters. The number of fused-ring (bicyclic) bond motifs is 1. The van der Waals surface area contributed by atoms with Gasteiger partial charge in [0.2, 0.25) is 0 Å². The fraction of sp³-hybridized carbons (Fsp3) is 0.172. The number of nitrogens with two attached hydrogens (primary N) is 1. The molecule has 4 N–H and O–H groups in total. The summed E-state index contributed by atoms with van der Waals surface area (Å²) in [6, 6.07) is 10.2. The molecule has 0 amide bonds. The van der Waals surface area contributed by atoms with E-state index in [0.29, 0.717) is 11.5 Å². The molecule has 1 fully saturated rings. The first kappa shape index (κ1) is 24.1. The number of hydrogen-bond acceptors (Lipinski definition) is 5. The number of likely N-dealkylation sites (tertiary alicyclic amines) is 1. The molecular weight excluding hydrogens is 460 g/mol. The van der Waals surface area contributed by atoms with Crippen molar-refractivity contribution in [2.24, 2.45) is 10.7 Å². The van der Waals surface area contributed by atoms with Crippen LogP contribution >= 0.6 is 0 Å². The van der Waals surface area contributed by atoms with E-state index in [1.165, 1.54) is 0 Å². The van der Waals surface area contributed by atoms with Gasteiger partial charge in [0.25, 0.3) is 0 Å². The average Bonchev–Trinajstić information content (AvgIpc) is 3.50. The van der Waals surface area contributed by atoms with Crippen molar-refractivity contribution in [1.29, 1.82) is 0 Å². The Kier molecular flexibility index (Phi) is 6.66. The van der Waals surface area contributed by atoms with E-state index in [1.54, 1.807) is 18.5 Å². The van der Waals surface area contributed by atoms with Crippen LogP contribution in [0.4, 0.5) is 0 Å². The molecule has 37 heavy (non-hydrogen) atoms. The first-order chi connectivity index (χ1) is 18.0. The summed E-state index contributed by atoms with van der Waals surface area (Å²) in [5.41, 5.74) is 12.4. The fourth-order valence-electron chi connectivity index (χ4n) is 4.36. The predicted octanol–water partition coefficient (Wildman–Crippen LogP) is 3.28. The average molecular weight is 491 g/mol. The van der Waals surface area contributed by atoms with Gasteiger partial charge in [0.1, 0.15) is 11.5 Å². The molecule has 186 valence electrons. The largest absolute Gasteiger partial charge is 0.353 e. The van der Waals surface area contributed by atoms with Crippen molar-refractivity contribution in [3.63, 3.8) is 0 Å². The number of imidazole rings is 1. The number of aromatic nitrogens is 5. The maximum absolute atomic E-state index is 5.92. The minimum absolute atomic E-state index is 0.197. The Balaban J connectivity index is 1.45. The predicted molar refractivity (Wildman–Crippen MR) is 151 cm³/mol. The topological polar surface area (TPSA) is 112 Å². The molecule has 4 heterocycles. The summed E-state index contributed by atoms with van der Waals surface area (Å²) in [5, 5.41) is 9.18. The molecule has 8 heteroatoms. The maximum Gasteiger partial charge on any atom is 0.159 e. The van der Waals surface area contributed by atoms with Crippen LogP contribution in [0.25, 0.3) is 46.3 Å². The summed E-state index contributed by atoms with van der Waals surface area (Å²) < 4.78 is 0. The lowest BCUT2D eigenvalue weighted by molar-refractivity contribution is 0.255. The van der Waals surface area contributed by atoms with Crippen LogP contribution in [0.3, 0.4) is 0 Å². The molecule has 0 radical (unpaired) electrons. The van der Waals surface area contributed by atoms with Crippen molar-refractivity contribution in [3.05, 3.63) is 89.4 Å². The number of benzene rings is 1. The number of aliphatic imine (C=N–C) groups is 1. The highest BCUT2D eigenvalue weighted by Crippen LogP contribution is 2.28. The molecule has 8 nitrogen and oxygen atoms in total. The van der Waals surface area contributed by atoms with Gasteiger partial charge < -0.3 is 15.6 Å². The normalized spacial score (nSPS) is 15.9. The Morgan fingerprint density at radius 2 is 2.00 bits per heavy atom. The Labute approximate surface area is 215 Å². The quantitative estimate of drug-likeness (QED) is 0.218. The number of nitrogens with one attached hydrogen (secondary N) is 2. The monoisotopic (exact) mass is 490 g/mol. The third-order valence-electron chi connectivity index (χ3n) is 6.46. The molecule has 1 aliphatic heterocycles. The number of rotatable bonds is 6. The van der Waals surface area contributed by atoms with Crippen LogP contribution in [-0.2, 0) is 0 Å². The van der Waals surface area contributed by atoms with Gasteiger partial charge in [-0.15, -0.1) is 0 Å². The van der Waals surface area contributed by atoms with E-state index in [0.717, 1.165) is 62.9 Å². The first-order valence-electron chi connectivity index (χ1n) is 12.2. The van der Waals surface area contributed by atoms with Crippen LogP contribution in [0.1, 0.15) is 13.8 Å². The van der Waals surface area contributed by atoms with Gasteiger partial charge in [0, 0.05) is 42.3 Å². The smallest absolute Gasteiger partial charge is 0.159 e. The zero-order valence-corrected chi connectivity index (χ0v) is 21.1. The van der Waals surface area contributed by atoms with E-state index < -0.39 is 0 Å². The molecule has 1 saturated heterocycles. The molecule has 3 aromatic heterocycles. The van der Waals surface area contributed by atoms with Gasteiger partial charge in [0.15, 0.2) is 5.82 Å². The minimum atomic E-state index is 0.197. The van der Waals surface area contributed by atoms with Crippen LogP contribution in [-0.4, -0.2) is 55.0 Å². The second-order valence-electron chi connectivity index (χ2n) is 9.02. The van der Waals surface area contributed by atoms with Crippen molar-refractivity contribution < 1.29 is 0 Å². The lowest BCUT2D eigenvalue weighted by Crippen LogP contribution is -2.57. The van der Waals surface area contributed by atoms with E-state index in [9.17, 15) is 0 Å². The fourth-order valence-corrected chi connectivity index (χ4v) is 4.36. The van der Waals surface area contributed by atoms with E-state index in [2.05, 4.69) is 44.3 Å². The number of para-hydroxylation sites is 1. The highest BCUT2D eigenvalue weighted by molar-refractivity contribution is 5.94. The van der Waals surface area contributed by atoms with Crippen LogP contribution in [0, 0.1) is 0 Å². The van der Waals surface area contributed by atoms with Gasteiger partial charge in [-0.25, -0.2) is 9.98 Å². The Bertz CT molecular complexity index is 1650. The SMILES string of the molecule is C=CC(=NC(=C\C)/C(C)=C/C=c1/[nH]nc(-c2nc3c(-c4ccncc4)cccc3[nH]2)c1=C)N1CC(N)C1. The summed E-state index contributed by atoms with van der Waals surface area (Å²) in [4.78, 5) is 19.3. The van der Waals surface area contributed by atoms with Crippen LogP contribution in [0.2, 0.25) is 0 Å². The minimum Gasteiger partial charge on any atom is -0.353 e. The lowest BCUT2D eigenvalue weighted by Gasteiger charge is -2.38. The van der Waals surface area contributed by atoms with Crippen molar-refractivity contribution in [2.75, 3.05) is 13.1 Å². The van der Waals surface area contributed by atoms with E-state index >= 15 is 0 Å². The summed E-state index contributed by atoms with van der Waals surface area (Å²) >= 11 is 0.